The van der Waals surface area contributed by atoms with Crippen molar-refractivity contribution in [3.05, 3.63) is 65.2 Å². The molecule has 2 heterocycles. The minimum atomic E-state index is -3.73. The topological polar surface area (TPSA) is 88.6 Å². The molecule has 9 heteroatoms. The van der Waals surface area contributed by atoms with Gasteiger partial charge in [0.25, 0.3) is 15.9 Å². The third kappa shape index (κ3) is 4.78. The van der Waals surface area contributed by atoms with Gasteiger partial charge >= 0.3 is 0 Å². The number of anilines is 2. The molecule has 0 aliphatic carbocycles. The first-order chi connectivity index (χ1) is 15.2. The zero-order valence-electron chi connectivity index (χ0n) is 18.1. The van der Waals surface area contributed by atoms with Crippen LogP contribution in [0.5, 0.6) is 5.75 Å². The smallest absolute Gasteiger partial charge is 0.268 e. The summed E-state index contributed by atoms with van der Waals surface area (Å²) in [4.78, 5) is 18.7. The van der Waals surface area contributed by atoms with Crippen molar-refractivity contribution in [2.24, 2.45) is 0 Å². The first-order valence-electron chi connectivity index (χ1n) is 10.3. The minimum absolute atomic E-state index is 0.108. The number of nitrogens with one attached hydrogen (secondary N) is 1. The number of nitrogens with zero attached hydrogens (tertiary/aromatic N) is 2. The lowest BCUT2D eigenvalue weighted by molar-refractivity contribution is -0.122. The van der Waals surface area contributed by atoms with Gasteiger partial charge in [-0.2, -0.15) is 0 Å². The van der Waals surface area contributed by atoms with E-state index in [9.17, 15) is 13.2 Å². The van der Waals surface area contributed by atoms with Crippen LogP contribution < -0.4 is 14.4 Å². The monoisotopic (exact) mass is 471 g/mol. The highest BCUT2D eigenvalue weighted by Gasteiger charge is 2.34. The van der Waals surface area contributed by atoms with Crippen LogP contribution in [0.15, 0.2) is 58.9 Å². The van der Waals surface area contributed by atoms with Crippen LogP contribution >= 0.6 is 11.3 Å². The zero-order valence-corrected chi connectivity index (χ0v) is 19.7. The predicted octanol–water partition coefficient (Wildman–Crippen LogP) is 4.56. The molecule has 0 saturated carbocycles. The molecule has 4 rings (SSSR count). The number of hydrogen-bond acceptors (Lipinski definition) is 6. The number of aromatic nitrogens is 1. The van der Waals surface area contributed by atoms with Crippen LogP contribution in [-0.2, 0) is 14.8 Å². The Morgan fingerprint density at radius 1 is 1.19 bits per heavy atom. The summed E-state index contributed by atoms with van der Waals surface area (Å²) in [5, 5.41) is 2.00. The average Bonchev–Trinajstić information content (AvgIpc) is 3.37. The molecular weight excluding hydrogens is 446 g/mol. The second-order valence-corrected chi connectivity index (χ2v) is 10.6. The van der Waals surface area contributed by atoms with Crippen LogP contribution in [0.3, 0.4) is 0 Å². The third-order valence-electron chi connectivity index (χ3n) is 5.29. The van der Waals surface area contributed by atoms with Crippen LogP contribution in [0, 0.1) is 6.92 Å². The largest absolute Gasteiger partial charge is 0.480 e. The number of sulfonamides is 1. The molecule has 2 aromatic carbocycles. The van der Waals surface area contributed by atoms with Gasteiger partial charge < -0.3 is 9.64 Å². The molecule has 1 aromatic heterocycles. The van der Waals surface area contributed by atoms with E-state index in [0.29, 0.717) is 35.5 Å². The maximum absolute atomic E-state index is 13.0. The van der Waals surface area contributed by atoms with E-state index in [4.69, 9.17) is 4.74 Å². The second kappa shape index (κ2) is 8.91. The van der Waals surface area contributed by atoms with Gasteiger partial charge in [0.1, 0.15) is 5.75 Å². The Kier molecular flexibility index (Phi) is 6.21. The number of aryl methyl sites for hydroxylation is 1. The van der Waals surface area contributed by atoms with E-state index >= 15 is 0 Å². The molecule has 0 bridgehead atoms. The molecule has 7 nitrogen and oxygen atoms in total. The maximum Gasteiger partial charge on any atom is 0.268 e. The van der Waals surface area contributed by atoms with Gasteiger partial charge in [-0.05, 0) is 60.4 Å². The van der Waals surface area contributed by atoms with E-state index in [1.165, 1.54) is 35.2 Å². The summed E-state index contributed by atoms with van der Waals surface area (Å²) in [5.41, 5.74) is 2.91. The van der Waals surface area contributed by atoms with Gasteiger partial charge in [0, 0.05) is 30.2 Å². The van der Waals surface area contributed by atoms with Crippen molar-refractivity contribution in [2.45, 2.75) is 44.1 Å². The number of amides is 1. The fourth-order valence-electron chi connectivity index (χ4n) is 3.61. The third-order valence-corrected chi connectivity index (χ3v) is 7.46. The van der Waals surface area contributed by atoms with E-state index in [-0.39, 0.29) is 10.8 Å². The van der Waals surface area contributed by atoms with Crippen LogP contribution in [0.1, 0.15) is 37.3 Å². The molecule has 1 fully saturated rings. The van der Waals surface area contributed by atoms with Crippen LogP contribution in [-0.4, -0.2) is 32.0 Å². The Labute approximate surface area is 192 Å². The van der Waals surface area contributed by atoms with E-state index in [1.807, 2.05) is 19.1 Å². The van der Waals surface area contributed by atoms with Crippen LogP contribution in [0.25, 0.3) is 0 Å². The zero-order chi connectivity index (χ0) is 22.9. The molecule has 1 amide bonds. The SMILES string of the molecule is Cc1cc(OC2CCN(c3ccc(S(=O)(=O)Nc4nccs4)cc3)C2=O)cc(C(C)C)c1. The molecule has 1 saturated heterocycles. The summed E-state index contributed by atoms with van der Waals surface area (Å²) >= 11 is 1.20. The van der Waals surface area contributed by atoms with Gasteiger partial charge in [0.2, 0.25) is 0 Å². The molecule has 1 aliphatic rings. The number of benzene rings is 2. The van der Waals surface area contributed by atoms with Crippen molar-refractivity contribution in [2.75, 3.05) is 16.2 Å². The maximum atomic E-state index is 13.0. The number of carbonyl (C=O) groups is 1. The molecule has 1 unspecified atom stereocenters. The highest BCUT2D eigenvalue weighted by atomic mass is 32.2. The fourth-order valence-corrected chi connectivity index (χ4v) is 5.40. The van der Waals surface area contributed by atoms with Crippen molar-refractivity contribution in [3.63, 3.8) is 0 Å². The molecule has 0 radical (unpaired) electrons. The molecule has 3 aromatic rings. The number of rotatable bonds is 7. The molecule has 1 N–H and O–H groups in total. The Morgan fingerprint density at radius 3 is 2.59 bits per heavy atom. The van der Waals surface area contributed by atoms with E-state index in [0.717, 1.165) is 5.56 Å². The van der Waals surface area contributed by atoms with Crippen molar-refractivity contribution >= 4 is 38.1 Å². The molecule has 1 atom stereocenters. The number of hydrogen-bond donors (Lipinski definition) is 1. The summed E-state index contributed by atoms with van der Waals surface area (Å²) in [7, 11) is -3.73. The van der Waals surface area contributed by atoms with Gasteiger partial charge in [-0.1, -0.05) is 19.9 Å². The van der Waals surface area contributed by atoms with Gasteiger partial charge in [0.05, 0.1) is 4.90 Å². The summed E-state index contributed by atoms with van der Waals surface area (Å²) in [6.07, 6.45) is 1.53. The summed E-state index contributed by atoms with van der Waals surface area (Å²) in [6.45, 7) is 6.77. The lowest BCUT2D eigenvalue weighted by atomic mass is 10.0. The van der Waals surface area contributed by atoms with Crippen molar-refractivity contribution in [3.8, 4) is 5.75 Å². The lowest BCUT2D eigenvalue weighted by Gasteiger charge is -2.18. The van der Waals surface area contributed by atoms with E-state index in [1.54, 1.807) is 22.4 Å². The quantitative estimate of drug-likeness (QED) is 0.546. The summed E-state index contributed by atoms with van der Waals surface area (Å²) < 4.78 is 33.5. The van der Waals surface area contributed by atoms with Gasteiger partial charge in [0.15, 0.2) is 11.2 Å². The first kappa shape index (κ1) is 22.3. The van der Waals surface area contributed by atoms with Crippen molar-refractivity contribution in [1.82, 2.24) is 4.98 Å². The van der Waals surface area contributed by atoms with Gasteiger partial charge in [-0.25, -0.2) is 13.4 Å². The van der Waals surface area contributed by atoms with Crippen LogP contribution in [0.4, 0.5) is 10.8 Å². The Balaban J connectivity index is 1.46. The summed E-state index contributed by atoms with van der Waals surface area (Å²) in [6, 6.07) is 12.3. The molecule has 0 spiro atoms. The highest BCUT2D eigenvalue weighted by molar-refractivity contribution is 7.93. The summed E-state index contributed by atoms with van der Waals surface area (Å²) in [5.74, 6) is 0.936. The average molecular weight is 472 g/mol. The highest BCUT2D eigenvalue weighted by Crippen LogP contribution is 2.29. The Bertz CT molecular complexity index is 1210. The molecule has 1 aliphatic heterocycles. The van der Waals surface area contributed by atoms with Crippen molar-refractivity contribution in [1.29, 1.82) is 0 Å². The van der Waals surface area contributed by atoms with Crippen molar-refractivity contribution < 1.29 is 17.9 Å². The second-order valence-electron chi connectivity index (χ2n) is 8.06. The molecule has 32 heavy (non-hydrogen) atoms. The Morgan fingerprint density at radius 2 is 1.94 bits per heavy atom. The fraction of sp³-hybridized carbons (Fsp3) is 0.304. The molecule has 168 valence electrons. The van der Waals surface area contributed by atoms with Gasteiger partial charge in [-0.3, -0.25) is 9.52 Å². The predicted molar refractivity (Wildman–Crippen MR) is 126 cm³/mol. The first-order valence-corrected chi connectivity index (χ1v) is 12.7. The minimum Gasteiger partial charge on any atom is -0.480 e. The number of carbonyl (C=O) groups excluding carboxylic acids is 1. The lowest BCUT2D eigenvalue weighted by Crippen LogP contribution is -2.32. The number of ether oxygens (including phenoxy) is 1. The standard InChI is InChI=1S/C23H25N3O4S2/c1-15(2)17-12-16(3)13-19(14-17)30-21-8-10-26(22(21)27)18-4-6-20(7-5-18)32(28,29)25-23-24-9-11-31-23/h4-7,9,11-15,21H,8,10H2,1-3H3,(H,24,25). The van der Waals surface area contributed by atoms with Crippen LogP contribution in [0.2, 0.25) is 0 Å². The Hall–Kier alpha value is -2.91. The van der Waals surface area contributed by atoms with E-state index < -0.39 is 16.1 Å². The van der Waals surface area contributed by atoms with E-state index in [2.05, 4.69) is 29.6 Å². The normalized spacial score (nSPS) is 16.6. The number of thiazole rings is 1. The van der Waals surface area contributed by atoms with Gasteiger partial charge in [-0.15, -0.1) is 11.3 Å². The molecular formula is C23H25N3O4S2.